The fourth-order valence-electron chi connectivity index (χ4n) is 1.81. The molecule has 0 fully saturated rings. The third-order valence-electron chi connectivity index (χ3n) is 2.71. The molecule has 2 N–H and O–H groups in total. The largest absolute Gasteiger partial charge is 0.508 e. The van der Waals surface area contributed by atoms with Gasteiger partial charge in [-0.3, -0.25) is 9.69 Å². The van der Waals surface area contributed by atoms with Gasteiger partial charge in [-0.2, -0.15) is 0 Å². The zero-order valence-electron chi connectivity index (χ0n) is 11.9. The van der Waals surface area contributed by atoms with Crippen molar-refractivity contribution >= 4 is 17.7 Å². The van der Waals surface area contributed by atoms with Crippen LogP contribution >= 0.6 is 0 Å². The van der Waals surface area contributed by atoms with E-state index in [0.717, 1.165) is 0 Å². The molecule has 6 heteroatoms. The number of phenols is 1. The first kappa shape index (κ1) is 15.8. The summed E-state index contributed by atoms with van der Waals surface area (Å²) in [6.07, 6.45) is 0. The number of hydrogen-bond acceptors (Lipinski definition) is 3. The van der Waals surface area contributed by atoms with Gasteiger partial charge in [0.05, 0.1) is 0 Å². The molecule has 0 saturated carbocycles. The fourth-order valence-corrected chi connectivity index (χ4v) is 1.81. The molecule has 110 valence electrons. The first-order chi connectivity index (χ1) is 9.31. The topological polar surface area (TPSA) is 81.1 Å². The minimum absolute atomic E-state index is 0.110. The smallest absolute Gasteiger partial charge is 0.324 e. The van der Waals surface area contributed by atoms with E-state index in [1.54, 1.807) is 19.2 Å². The summed E-state index contributed by atoms with van der Waals surface area (Å²) in [5.41, 5.74) is 0.590. The fraction of sp³-hybridized carbons (Fsp3) is 0.429. The van der Waals surface area contributed by atoms with Gasteiger partial charge in [-0.05, 0) is 30.2 Å². The molecule has 0 radical (unpaired) electrons. The quantitative estimate of drug-likeness (QED) is 0.864. The minimum atomic E-state index is -1.04. The second kappa shape index (κ2) is 6.79. The van der Waals surface area contributed by atoms with Gasteiger partial charge < -0.3 is 15.1 Å². The van der Waals surface area contributed by atoms with E-state index in [9.17, 15) is 14.7 Å². The second-order valence-electron chi connectivity index (χ2n) is 5.03. The van der Waals surface area contributed by atoms with Crippen molar-refractivity contribution in [2.45, 2.75) is 13.8 Å². The molecular formula is C14H20N2O4. The Morgan fingerprint density at radius 3 is 2.20 bits per heavy atom. The summed E-state index contributed by atoms with van der Waals surface area (Å²) < 4.78 is 0. The van der Waals surface area contributed by atoms with Gasteiger partial charge in [-0.25, -0.2) is 4.79 Å². The number of amides is 2. The van der Waals surface area contributed by atoms with Crippen LogP contribution in [-0.4, -0.2) is 47.3 Å². The van der Waals surface area contributed by atoms with Crippen LogP contribution in [0.25, 0.3) is 0 Å². The molecule has 1 aromatic carbocycles. The average molecular weight is 280 g/mol. The first-order valence-electron chi connectivity index (χ1n) is 6.34. The number of carbonyl (C=O) groups is 2. The third-order valence-corrected chi connectivity index (χ3v) is 2.71. The molecule has 1 rings (SSSR count). The highest BCUT2D eigenvalue weighted by Crippen LogP contribution is 2.18. The van der Waals surface area contributed by atoms with Crippen molar-refractivity contribution in [3.8, 4) is 5.75 Å². The van der Waals surface area contributed by atoms with Crippen LogP contribution in [0.2, 0.25) is 0 Å². The number of nitrogens with zero attached hydrogens (tertiary/aromatic N) is 2. The maximum absolute atomic E-state index is 12.3. The normalized spacial score (nSPS) is 10.4. The van der Waals surface area contributed by atoms with Gasteiger partial charge in [0.25, 0.3) is 0 Å². The summed E-state index contributed by atoms with van der Waals surface area (Å²) in [7, 11) is 1.57. The van der Waals surface area contributed by atoms with E-state index in [2.05, 4.69) is 0 Å². The van der Waals surface area contributed by atoms with Gasteiger partial charge in [0.2, 0.25) is 0 Å². The van der Waals surface area contributed by atoms with Crippen LogP contribution in [0.5, 0.6) is 5.75 Å². The summed E-state index contributed by atoms with van der Waals surface area (Å²) in [4.78, 5) is 25.8. The Bertz CT molecular complexity index is 471. The molecule has 0 aromatic heterocycles. The van der Waals surface area contributed by atoms with Crippen LogP contribution in [-0.2, 0) is 4.79 Å². The SMILES string of the molecule is CC(C)CN(CC(=O)O)C(=O)N(C)c1ccc(O)cc1. The zero-order valence-corrected chi connectivity index (χ0v) is 11.9. The summed E-state index contributed by atoms with van der Waals surface area (Å²) >= 11 is 0. The van der Waals surface area contributed by atoms with Gasteiger partial charge in [0, 0.05) is 19.3 Å². The Morgan fingerprint density at radius 1 is 1.20 bits per heavy atom. The van der Waals surface area contributed by atoms with Gasteiger partial charge in [-0.15, -0.1) is 0 Å². The summed E-state index contributed by atoms with van der Waals surface area (Å²) in [5.74, 6) is -0.760. The summed E-state index contributed by atoms with van der Waals surface area (Å²) in [6.45, 7) is 3.87. The molecular weight excluding hydrogens is 260 g/mol. The number of carboxylic acid groups (broad SMARTS) is 1. The van der Waals surface area contributed by atoms with Crippen molar-refractivity contribution < 1.29 is 19.8 Å². The Kier molecular flexibility index (Phi) is 5.37. The van der Waals surface area contributed by atoms with Crippen LogP contribution in [0.1, 0.15) is 13.8 Å². The maximum Gasteiger partial charge on any atom is 0.324 e. The number of benzene rings is 1. The lowest BCUT2D eigenvalue weighted by molar-refractivity contribution is -0.137. The van der Waals surface area contributed by atoms with E-state index in [-0.39, 0.29) is 24.2 Å². The molecule has 0 bridgehead atoms. The molecule has 20 heavy (non-hydrogen) atoms. The van der Waals surface area contributed by atoms with Crippen LogP contribution < -0.4 is 4.90 Å². The van der Waals surface area contributed by atoms with E-state index in [4.69, 9.17) is 5.11 Å². The highest BCUT2D eigenvalue weighted by atomic mass is 16.4. The third kappa shape index (κ3) is 4.46. The molecule has 2 amide bonds. The number of aromatic hydroxyl groups is 1. The molecule has 6 nitrogen and oxygen atoms in total. The van der Waals surface area contributed by atoms with Crippen molar-refractivity contribution in [2.24, 2.45) is 5.92 Å². The summed E-state index contributed by atoms with van der Waals surface area (Å²) in [6, 6.07) is 5.77. The molecule has 0 aliphatic rings. The second-order valence-corrected chi connectivity index (χ2v) is 5.03. The number of phenolic OH excluding ortho intramolecular Hbond substituents is 1. The Balaban J connectivity index is 2.87. The minimum Gasteiger partial charge on any atom is -0.508 e. The number of rotatable bonds is 5. The predicted molar refractivity (Wildman–Crippen MR) is 76.0 cm³/mol. The van der Waals surface area contributed by atoms with E-state index in [1.807, 2.05) is 13.8 Å². The number of carbonyl (C=O) groups excluding carboxylic acids is 1. The molecule has 0 saturated heterocycles. The van der Waals surface area contributed by atoms with Crippen molar-refractivity contribution in [3.63, 3.8) is 0 Å². The van der Waals surface area contributed by atoms with Gasteiger partial charge in [0.1, 0.15) is 12.3 Å². The molecule has 0 spiro atoms. The number of carboxylic acids is 1. The van der Waals surface area contributed by atoms with E-state index >= 15 is 0 Å². The standard InChI is InChI=1S/C14H20N2O4/c1-10(2)8-16(9-13(18)19)14(20)15(3)11-4-6-12(17)7-5-11/h4-7,10,17H,8-9H2,1-3H3,(H,18,19). The lowest BCUT2D eigenvalue weighted by atomic mass is 10.2. The molecule has 0 aliphatic heterocycles. The Hall–Kier alpha value is -2.24. The van der Waals surface area contributed by atoms with Crippen LogP contribution in [0.4, 0.5) is 10.5 Å². The van der Waals surface area contributed by atoms with Crippen LogP contribution in [0.15, 0.2) is 24.3 Å². The number of urea groups is 1. The van der Waals surface area contributed by atoms with Gasteiger partial charge >= 0.3 is 12.0 Å². The van der Waals surface area contributed by atoms with Gasteiger partial charge in [-0.1, -0.05) is 13.8 Å². The lowest BCUT2D eigenvalue weighted by Crippen LogP contribution is -2.45. The Labute approximate surface area is 118 Å². The highest BCUT2D eigenvalue weighted by Gasteiger charge is 2.22. The van der Waals surface area contributed by atoms with Crippen molar-refractivity contribution in [1.82, 2.24) is 4.90 Å². The zero-order chi connectivity index (χ0) is 15.3. The monoisotopic (exact) mass is 280 g/mol. The van der Waals surface area contributed by atoms with Crippen LogP contribution in [0, 0.1) is 5.92 Å². The summed E-state index contributed by atoms with van der Waals surface area (Å²) in [5, 5.41) is 18.1. The molecule has 0 heterocycles. The van der Waals surface area contributed by atoms with E-state index in [1.165, 1.54) is 21.9 Å². The molecule has 1 aromatic rings. The molecule has 0 unspecified atom stereocenters. The first-order valence-corrected chi connectivity index (χ1v) is 6.34. The number of hydrogen-bond donors (Lipinski definition) is 2. The maximum atomic E-state index is 12.3. The van der Waals surface area contributed by atoms with E-state index in [0.29, 0.717) is 12.2 Å². The Morgan fingerprint density at radius 2 is 1.75 bits per heavy atom. The predicted octanol–water partition coefficient (Wildman–Crippen LogP) is 1.99. The van der Waals surface area contributed by atoms with E-state index < -0.39 is 5.97 Å². The average Bonchev–Trinajstić information content (AvgIpc) is 2.36. The highest BCUT2D eigenvalue weighted by molar-refractivity contribution is 5.93. The molecule has 0 aliphatic carbocycles. The lowest BCUT2D eigenvalue weighted by Gasteiger charge is -2.28. The van der Waals surface area contributed by atoms with Crippen LogP contribution in [0.3, 0.4) is 0 Å². The van der Waals surface area contributed by atoms with Crippen molar-refractivity contribution in [2.75, 3.05) is 25.0 Å². The number of aliphatic carboxylic acids is 1. The van der Waals surface area contributed by atoms with Gasteiger partial charge in [0.15, 0.2) is 0 Å². The van der Waals surface area contributed by atoms with Crippen molar-refractivity contribution in [3.05, 3.63) is 24.3 Å². The number of anilines is 1. The molecule has 0 atom stereocenters. The van der Waals surface area contributed by atoms with Crippen molar-refractivity contribution in [1.29, 1.82) is 0 Å².